The van der Waals surface area contributed by atoms with E-state index in [2.05, 4.69) is 12.2 Å². The van der Waals surface area contributed by atoms with Crippen molar-refractivity contribution >= 4 is 11.6 Å². The van der Waals surface area contributed by atoms with Gasteiger partial charge in [-0.05, 0) is 56.3 Å². The lowest BCUT2D eigenvalue weighted by Crippen LogP contribution is -2.36. The Hall–Kier alpha value is -1.72. The van der Waals surface area contributed by atoms with E-state index in [0.717, 1.165) is 6.42 Å². The number of nitrogens with zero attached hydrogens (tertiary/aromatic N) is 1. The van der Waals surface area contributed by atoms with E-state index in [4.69, 9.17) is 4.84 Å². The van der Waals surface area contributed by atoms with Gasteiger partial charge in [0.2, 0.25) is 0 Å². The Bertz CT molecular complexity index is 514. The van der Waals surface area contributed by atoms with Crippen LogP contribution in [0.1, 0.15) is 26.7 Å². The van der Waals surface area contributed by atoms with E-state index < -0.39 is 17.1 Å². The zero-order valence-corrected chi connectivity index (χ0v) is 12.1. The van der Waals surface area contributed by atoms with Gasteiger partial charge in [0.05, 0.1) is 5.92 Å². The van der Waals surface area contributed by atoms with Crippen molar-refractivity contribution in [3.05, 3.63) is 22.3 Å². The van der Waals surface area contributed by atoms with Crippen molar-refractivity contribution in [1.29, 1.82) is 0 Å². The fourth-order valence-electron chi connectivity index (χ4n) is 5.18. The molecular formula is C15H19NO5. The standard InChI is InChI=1S/C15H19NO5/c1-7(17)13(8(2)18)15-11-6-12(21-16(19)20)14(15)10-5-3-4-9(10)11/h3-4,9-15H,5-6H2,1-2H3/t9-,10+,11+,12-,14+,15-/m1/s1. The van der Waals surface area contributed by atoms with Crippen molar-refractivity contribution in [2.24, 2.45) is 35.5 Å². The molecule has 2 saturated carbocycles. The van der Waals surface area contributed by atoms with Crippen molar-refractivity contribution < 1.29 is 19.5 Å². The largest absolute Gasteiger partial charge is 0.310 e. The second kappa shape index (κ2) is 4.93. The van der Waals surface area contributed by atoms with Crippen LogP contribution in [0, 0.1) is 45.6 Å². The molecule has 114 valence electrons. The third-order valence-corrected chi connectivity index (χ3v) is 5.60. The topological polar surface area (TPSA) is 86.5 Å². The third kappa shape index (κ3) is 2.08. The summed E-state index contributed by atoms with van der Waals surface area (Å²) in [5.74, 6) is -0.321. The second-order valence-corrected chi connectivity index (χ2v) is 6.53. The molecule has 6 atom stereocenters. The number of carbonyl (C=O) groups is 2. The predicted octanol–water partition coefficient (Wildman–Crippen LogP) is 1.82. The van der Waals surface area contributed by atoms with Gasteiger partial charge in [-0.25, -0.2) is 0 Å². The first kappa shape index (κ1) is 14.2. The van der Waals surface area contributed by atoms with Gasteiger partial charge in [0, 0.05) is 0 Å². The summed E-state index contributed by atoms with van der Waals surface area (Å²) in [5.41, 5.74) is 0. The second-order valence-electron chi connectivity index (χ2n) is 6.53. The maximum absolute atomic E-state index is 11.9. The van der Waals surface area contributed by atoms with Crippen molar-refractivity contribution in [2.75, 3.05) is 0 Å². The normalized spacial score (nSPS) is 39.6. The molecule has 0 saturated heterocycles. The van der Waals surface area contributed by atoms with Gasteiger partial charge in [-0.15, -0.1) is 10.1 Å². The van der Waals surface area contributed by atoms with E-state index in [9.17, 15) is 19.7 Å². The molecule has 0 aromatic carbocycles. The smallest absolute Gasteiger partial charge is 0.294 e. The number of allylic oxidation sites excluding steroid dienone is 2. The Labute approximate surface area is 122 Å². The van der Waals surface area contributed by atoms with Gasteiger partial charge in [0.1, 0.15) is 17.7 Å². The Kier molecular flexibility index (Phi) is 3.34. The summed E-state index contributed by atoms with van der Waals surface area (Å²) in [4.78, 5) is 39.4. The molecule has 0 aromatic heterocycles. The van der Waals surface area contributed by atoms with Crippen LogP contribution in [-0.4, -0.2) is 22.8 Å². The fourth-order valence-corrected chi connectivity index (χ4v) is 5.18. The van der Waals surface area contributed by atoms with Gasteiger partial charge in [-0.2, -0.15) is 0 Å². The van der Waals surface area contributed by atoms with Crippen LogP contribution in [0.5, 0.6) is 0 Å². The maximum Gasteiger partial charge on any atom is 0.294 e. The van der Waals surface area contributed by atoms with Crippen LogP contribution in [-0.2, 0) is 14.4 Å². The van der Waals surface area contributed by atoms with Crippen LogP contribution in [0.3, 0.4) is 0 Å². The van der Waals surface area contributed by atoms with Gasteiger partial charge < -0.3 is 4.84 Å². The fraction of sp³-hybridized carbons (Fsp3) is 0.733. The van der Waals surface area contributed by atoms with Crippen LogP contribution in [0.2, 0.25) is 0 Å². The summed E-state index contributed by atoms with van der Waals surface area (Å²) in [7, 11) is 0. The summed E-state index contributed by atoms with van der Waals surface area (Å²) in [6.07, 6.45) is 5.22. The number of hydrogen-bond donors (Lipinski definition) is 0. The summed E-state index contributed by atoms with van der Waals surface area (Å²) in [6, 6.07) is 0. The number of rotatable bonds is 5. The molecule has 6 nitrogen and oxygen atoms in total. The molecule has 0 amide bonds. The number of ketones is 2. The zero-order chi connectivity index (χ0) is 15.3. The van der Waals surface area contributed by atoms with E-state index in [1.807, 2.05) is 0 Å². The number of hydrogen-bond acceptors (Lipinski definition) is 5. The molecule has 2 fully saturated rings. The van der Waals surface area contributed by atoms with Gasteiger partial charge in [-0.3, -0.25) is 9.59 Å². The molecule has 3 rings (SSSR count). The lowest BCUT2D eigenvalue weighted by Gasteiger charge is -2.30. The molecule has 0 radical (unpaired) electrons. The average molecular weight is 293 g/mol. The molecule has 0 spiro atoms. The SMILES string of the molecule is CC(=O)C(C(C)=O)[C@H]1[C@H]2C[C@@H](O[N+](=O)[O-])[C@@H]1[C@H]1CC=C[C@@H]21. The first-order chi connectivity index (χ1) is 9.91. The average Bonchev–Trinajstić information content (AvgIpc) is 2.98. The Morgan fingerprint density at radius 1 is 1.29 bits per heavy atom. The lowest BCUT2D eigenvalue weighted by atomic mass is 9.77. The van der Waals surface area contributed by atoms with E-state index in [1.165, 1.54) is 13.8 Å². The minimum absolute atomic E-state index is 0.0711. The first-order valence-corrected chi connectivity index (χ1v) is 7.40. The summed E-state index contributed by atoms with van der Waals surface area (Å²) in [5, 5.41) is 9.96. The third-order valence-electron chi connectivity index (χ3n) is 5.60. The van der Waals surface area contributed by atoms with Crippen LogP contribution >= 0.6 is 0 Å². The molecule has 0 unspecified atom stereocenters. The number of fused-ring (bicyclic) bond motifs is 5. The van der Waals surface area contributed by atoms with Crippen LogP contribution in [0.4, 0.5) is 0 Å². The lowest BCUT2D eigenvalue weighted by molar-refractivity contribution is -0.770. The van der Waals surface area contributed by atoms with Crippen LogP contribution < -0.4 is 0 Å². The molecule has 3 aliphatic rings. The van der Waals surface area contributed by atoms with E-state index >= 15 is 0 Å². The van der Waals surface area contributed by atoms with Gasteiger partial charge in [0.15, 0.2) is 0 Å². The minimum Gasteiger partial charge on any atom is -0.310 e. The molecule has 0 heterocycles. The Balaban J connectivity index is 1.93. The molecule has 2 bridgehead atoms. The highest BCUT2D eigenvalue weighted by Gasteiger charge is 2.62. The van der Waals surface area contributed by atoms with Crippen molar-refractivity contribution in [3.63, 3.8) is 0 Å². The number of Topliss-reactive ketones (excluding diaryl/α,β-unsaturated/α-hetero) is 2. The highest BCUT2D eigenvalue weighted by Crippen LogP contribution is 2.62. The van der Waals surface area contributed by atoms with E-state index in [1.54, 1.807) is 0 Å². The first-order valence-electron chi connectivity index (χ1n) is 7.40. The molecule has 21 heavy (non-hydrogen) atoms. The van der Waals surface area contributed by atoms with E-state index in [-0.39, 0.29) is 35.2 Å². The molecule has 3 aliphatic carbocycles. The highest BCUT2D eigenvalue weighted by atomic mass is 17.0. The maximum atomic E-state index is 11.9. The Morgan fingerprint density at radius 2 is 1.95 bits per heavy atom. The van der Waals surface area contributed by atoms with E-state index in [0.29, 0.717) is 12.3 Å². The number of carbonyl (C=O) groups excluding carboxylic acids is 2. The monoisotopic (exact) mass is 293 g/mol. The molecule has 6 heteroatoms. The van der Waals surface area contributed by atoms with Crippen molar-refractivity contribution in [1.82, 2.24) is 0 Å². The van der Waals surface area contributed by atoms with Gasteiger partial charge in [-0.1, -0.05) is 12.2 Å². The summed E-state index contributed by atoms with van der Waals surface area (Å²) in [6.45, 7) is 2.89. The van der Waals surface area contributed by atoms with Gasteiger partial charge >= 0.3 is 0 Å². The van der Waals surface area contributed by atoms with Crippen molar-refractivity contribution in [2.45, 2.75) is 32.8 Å². The molecule has 0 N–H and O–H groups in total. The van der Waals surface area contributed by atoms with Gasteiger partial charge in [0.25, 0.3) is 5.09 Å². The summed E-state index contributed by atoms with van der Waals surface area (Å²) >= 11 is 0. The van der Waals surface area contributed by atoms with Crippen molar-refractivity contribution in [3.8, 4) is 0 Å². The summed E-state index contributed by atoms with van der Waals surface area (Å²) < 4.78 is 0. The zero-order valence-electron chi connectivity index (χ0n) is 12.1. The van der Waals surface area contributed by atoms with Crippen LogP contribution in [0.15, 0.2) is 12.2 Å². The molecular weight excluding hydrogens is 274 g/mol. The Morgan fingerprint density at radius 3 is 2.52 bits per heavy atom. The highest BCUT2D eigenvalue weighted by molar-refractivity contribution is 6.00. The minimum atomic E-state index is -0.740. The quantitative estimate of drug-likeness (QED) is 0.334. The molecule has 0 aromatic rings. The van der Waals surface area contributed by atoms with Crippen LogP contribution in [0.25, 0.3) is 0 Å². The molecule has 0 aliphatic heterocycles. The predicted molar refractivity (Wildman–Crippen MR) is 72.5 cm³/mol.